The Balaban J connectivity index is 3.94. The van der Waals surface area contributed by atoms with E-state index in [1.54, 1.807) is 7.11 Å². The van der Waals surface area contributed by atoms with Gasteiger partial charge in [-0.25, -0.2) is 0 Å². The molecule has 0 aromatic rings. The molecule has 3 nitrogen and oxygen atoms in total. The standard InChI is InChI=1S/C10H22N2O/c1-9(11-4)7-12(5)8-10(2,3)13-6/h7-8H2,1-6H3/b11-9+. The SMILES string of the molecule is C/N=C(\C)CN(C)CC(C)(C)OC. The maximum Gasteiger partial charge on any atom is 0.0749 e. The molecule has 78 valence electrons. The molecule has 0 rings (SSSR count). The summed E-state index contributed by atoms with van der Waals surface area (Å²) in [5.41, 5.74) is 1.07. The Bertz CT molecular complexity index is 176. The van der Waals surface area contributed by atoms with Gasteiger partial charge in [-0.3, -0.25) is 9.89 Å². The lowest BCUT2D eigenvalue weighted by atomic mass is 10.1. The number of nitrogens with zero attached hydrogens (tertiary/aromatic N) is 2. The van der Waals surface area contributed by atoms with Crippen molar-refractivity contribution in [3.63, 3.8) is 0 Å². The first kappa shape index (κ1) is 12.6. The number of methoxy groups -OCH3 is 1. The van der Waals surface area contributed by atoms with Gasteiger partial charge < -0.3 is 4.74 Å². The van der Waals surface area contributed by atoms with Gasteiger partial charge in [-0.15, -0.1) is 0 Å². The van der Waals surface area contributed by atoms with Crippen molar-refractivity contribution in [2.24, 2.45) is 4.99 Å². The van der Waals surface area contributed by atoms with Gasteiger partial charge in [-0.05, 0) is 27.8 Å². The van der Waals surface area contributed by atoms with E-state index in [9.17, 15) is 0 Å². The maximum absolute atomic E-state index is 5.34. The van der Waals surface area contributed by atoms with Gasteiger partial charge in [-0.1, -0.05) is 0 Å². The summed E-state index contributed by atoms with van der Waals surface area (Å²) in [6, 6.07) is 0. The van der Waals surface area contributed by atoms with Crippen molar-refractivity contribution in [2.45, 2.75) is 26.4 Å². The zero-order valence-electron chi connectivity index (χ0n) is 9.72. The molecule has 0 aliphatic heterocycles. The van der Waals surface area contributed by atoms with Crippen LogP contribution in [0.2, 0.25) is 0 Å². The van der Waals surface area contributed by atoms with Gasteiger partial charge in [0.15, 0.2) is 0 Å². The summed E-state index contributed by atoms with van der Waals surface area (Å²) in [4.78, 5) is 6.33. The molecule has 0 aliphatic carbocycles. The quantitative estimate of drug-likeness (QED) is 0.607. The summed E-state index contributed by atoms with van der Waals surface area (Å²) < 4.78 is 5.34. The van der Waals surface area contributed by atoms with E-state index in [1.165, 1.54) is 0 Å². The third-order valence-corrected chi connectivity index (χ3v) is 2.08. The largest absolute Gasteiger partial charge is 0.377 e. The molecule has 0 fully saturated rings. The van der Waals surface area contributed by atoms with Gasteiger partial charge in [0.05, 0.1) is 5.60 Å². The molecular weight excluding hydrogens is 164 g/mol. The molecule has 0 bridgehead atoms. The molecule has 0 aromatic carbocycles. The first-order chi connectivity index (χ1) is 5.91. The van der Waals surface area contributed by atoms with Crippen molar-refractivity contribution < 1.29 is 4.74 Å². The van der Waals surface area contributed by atoms with Crippen LogP contribution in [-0.4, -0.2) is 50.5 Å². The molecule has 0 unspecified atom stereocenters. The van der Waals surface area contributed by atoms with Crippen LogP contribution < -0.4 is 0 Å². The van der Waals surface area contributed by atoms with Crippen LogP contribution in [0.15, 0.2) is 4.99 Å². The summed E-state index contributed by atoms with van der Waals surface area (Å²) in [5, 5.41) is 0. The summed E-state index contributed by atoms with van der Waals surface area (Å²) in [6.07, 6.45) is 0. The molecular formula is C10H22N2O. The fourth-order valence-electron chi connectivity index (χ4n) is 1.23. The average molecular weight is 186 g/mol. The summed E-state index contributed by atoms with van der Waals surface area (Å²) in [7, 11) is 5.65. The normalized spacial score (nSPS) is 13.9. The van der Waals surface area contributed by atoms with Crippen molar-refractivity contribution in [1.29, 1.82) is 0 Å². The number of hydrogen-bond acceptors (Lipinski definition) is 3. The molecule has 0 amide bonds. The number of ether oxygens (including phenoxy) is 1. The Morgan fingerprint density at radius 3 is 2.38 bits per heavy atom. The van der Waals surface area contributed by atoms with Crippen molar-refractivity contribution in [1.82, 2.24) is 4.90 Å². The Kier molecular flexibility index (Phi) is 5.18. The Morgan fingerprint density at radius 1 is 1.46 bits per heavy atom. The highest BCUT2D eigenvalue weighted by Gasteiger charge is 2.18. The van der Waals surface area contributed by atoms with Crippen LogP contribution >= 0.6 is 0 Å². The fourth-order valence-corrected chi connectivity index (χ4v) is 1.23. The van der Waals surface area contributed by atoms with Crippen molar-refractivity contribution in [2.75, 3.05) is 34.3 Å². The van der Waals surface area contributed by atoms with Crippen LogP contribution in [0.5, 0.6) is 0 Å². The van der Waals surface area contributed by atoms with Crippen LogP contribution in [0, 0.1) is 0 Å². The van der Waals surface area contributed by atoms with Gasteiger partial charge in [0.2, 0.25) is 0 Å². The van der Waals surface area contributed by atoms with E-state index in [4.69, 9.17) is 4.74 Å². The van der Waals surface area contributed by atoms with Crippen molar-refractivity contribution in [3.05, 3.63) is 0 Å². The fraction of sp³-hybridized carbons (Fsp3) is 0.900. The van der Waals surface area contributed by atoms with Crippen LogP contribution in [0.3, 0.4) is 0 Å². The van der Waals surface area contributed by atoms with Crippen molar-refractivity contribution >= 4 is 5.71 Å². The third kappa shape index (κ3) is 5.77. The highest BCUT2D eigenvalue weighted by molar-refractivity contribution is 5.83. The molecule has 13 heavy (non-hydrogen) atoms. The number of rotatable bonds is 5. The molecule has 0 N–H and O–H groups in total. The molecule has 0 radical (unpaired) electrons. The predicted octanol–water partition coefficient (Wildman–Crippen LogP) is 1.43. The second-order valence-electron chi connectivity index (χ2n) is 4.09. The summed E-state index contributed by atoms with van der Waals surface area (Å²) in [6.45, 7) is 8.03. The topological polar surface area (TPSA) is 24.8 Å². The lowest BCUT2D eigenvalue weighted by molar-refractivity contribution is 0.000945. The summed E-state index contributed by atoms with van der Waals surface area (Å²) >= 11 is 0. The van der Waals surface area contributed by atoms with E-state index in [0.29, 0.717) is 0 Å². The monoisotopic (exact) mass is 186 g/mol. The minimum Gasteiger partial charge on any atom is -0.377 e. The van der Waals surface area contributed by atoms with E-state index in [-0.39, 0.29) is 5.60 Å². The van der Waals surface area contributed by atoms with Gasteiger partial charge in [0.25, 0.3) is 0 Å². The number of likely N-dealkylation sites (N-methyl/N-ethyl adjacent to an activating group) is 1. The number of aliphatic imine (C=N–C) groups is 1. The molecule has 0 aromatic heterocycles. The lowest BCUT2D eigenvalue weighted by Crippen LogP contribution is -2.39. The minimum absolute atomic E-state index is 0.0806. The van der Waals surface area contributed by atoms with E-state index in [2.05, 4.69) is 30.8 Å². The molecule has 3 heteroatoms. The van der Waals surface area contributed by atoms with Gasteiger partial charge in [0, 0.05) is 33.0 Å². The lowest BCUT2D eigenvalue weighted by Gasteiger charge is -2.28. The molecule has 0 saturated heterocycles. The second-order valence-corrected chi connectivity index (χ2v) is 4.09. The second kappa shape index (κ2) is 5.35. The molecule has 0 spiro atoms. The smallest absolute Gasteiger partial charge is 0.0749 e. The van der Waals surface area contributed by atoms with E-state index >= 15 is 0 Å². The van der Waals surface area contributed by atoms with E-state index < -0.39 is 0 Å². The zero-order chi connectivity index (χ0) is 10.5. The molecule has 0 heterocycles. The highest BCUT2D eigenvalue weighted by Crippen LogP contribution is 2.08. The summed E-state index contributed by atoms with van der Waals surface area (Å²) in [5.74, 6) is 0. The number of hydrogen-bond donors (Lipinski definition) is 0. The predicted molar refractivity (Wildman–Crippen MR) is 57.6 cm³/mol. The van der Waals surface area contributed by atoms with Crippen molar-refractivity contribution in [3.8, 4) is 0 Å². The highest BCUT2D eigenvalue weighted by atomic mass is 16.5. The third-order valence-electron chi connectivity index (χ3n) is 2.08. The first-order valence-electron chi connectivity index (χ1n) is 4.57. The molecule has 0 aliphatic rings. The Hall–Kier alpha value is -0.410. The van der Waals surface area contributed by atoms with E-state index in [1.807, 2.05) is 14.0 Å². The maximum atomic E-state index is 5.34. The zero-order valence-corrected chi connectivity index (χ0v) is 9.72. The van der Waals surface area contributed by atoms with E-state index in [0.717, 1.165) is 18.8 Å². The van der Waals surface area contributed by atoms with Crippen LogP contribution in [-0.2, 0) is 4.74 Å². The van der Waals surface area contributed by atoms with Crippen LogP contribution in [0.1, 0.15) is 20.8 Å². The van der Waals surface area contributed by atoms with Crippen LogP contribution in [0.25, 0.3) is 0 Å². The van der Waals surface area contributed by atoms with Gasteiger partial charge >= 0.3 is 0 Å². The Morgan fingerprint density at radius 2 is 2.00 bits per heavy atom. The average Bonchev–Trinajstić information content (AvgIpc) is 2.03. The van der Waals surface area contributed by atoms with Gasteiger partial charge in [0.1, 0.15) is 0 Å². The van der Waals surface area contributed by atoms with Crippen LogP contribution in [0.4, 0.5) is 0 Å². The molecule has 0 atom stereocenters. The first-order valence-corrected chi connectivity index (χ1v) is 4.57. The molecule has 0 saturated carbocycles. The Labute approximate surface area is 81.8 Å². The van der Waals surface area contributed by atoms with Gasteiger partial charge in [-0.2, -0.15) is 0 Å². The minimum atomic E-state index is -0.0806.